The van der Waals surface area contributed by atoms with Crippen molar-refractivity contribution in [3.8, 4) is 0 Å². The Morgan fingerprint density at radius 3 is 2.60 bits per heavy atom. The number of hydrogen-bond acceptors (Lipinski definition) is 2. The lowest BCUT2D eigenvalue weighted by atomic mass is 10.1. The highest BCUT2D eigenvalue weighted by Gasteiger charge is 2.45. The van der Waals surface area contributed by atoms with E-state index in [0.29, 0.717) is 29.1 Å². The van der Waals surface area contributed by atoms with Crippen molar-refractivity contribution in [1.82, 2.24) is 5.32 Å². The molecule has 1 atom stereocenters. The molecule has 1 aromatic rings. The fourth-order valence-corrected chi connectivity index (χ4v) is 2.31. The van der Waals surface area contributed by atoms with Gasteiger partial charge in [-0.2, -0.15) is 0 Å². The maximum atomic E-state index is 11.8. The number of carbonyl (C=O) groups excluding carboxylic acids is 1. The molecule has 0 saturated heterocycles. The number of anilines is 1. The Morgan fingerprint density at radius 1 is 1.40 bits per heavy atom. The van der Waals surface area contributed by atoms with Crippen LogP contribution in [0.4, 0.5) is 10.5 Å². The first-order chi connectivity index (χ1) is 9.31. The summed E-state index contributed by atoms with van der Waals surface area (Å²) in [6, 6.07) is 4.55. The molecule has 1 fully saturated rings. The van der Waals surface area contributed by atoms with Crippen LogP contribution in [0.25, 0.3) is 0 Å². The fraction of sp³-hybridized carbons (Fsp3) is 0.467. The van der Waals surface area contributed by atoms with Crippen LogP contribution in [0, 0.1) is 18.3 Å². The molecule has 0 spiro atoms. The van der Waals surface area contributed by atoms with Gasteiger partial charge in [0.1, 0.15) is 0 Å². The second-order valence-corrected chi connectivity index (χ2v) is 6.01. The van der Waals surface area contributed by atoms with E-state index in [2.05, 4.69) is 24.5 Å². The number of nitrogens with one attached hydrogen (secondary N) is 2. The highest BCUT2D eigenvalue weighted by molar-refractivity contribution is 5.95. The summed E-state index contributed by atoms with van der Waals surface area (Å²) in [5, 5.41) is 14.6. The van der Waals surface area contributed by atoms with Crippen molar-refractivity contribution in [2.45, 2.75) is 27.2 Å². The van der Waals surface area contributed by atoms with Crippen molar-refractivity contribution in [2.24, 2.45) is 11.3 Å². The van der Waals surface area contributed by atoms with Gasteiger partial charge in [-0.25, -0.2) is 9.59 Å². The van der Waals surface area contributed by atoms with E-state index in [1.165, 1.54) is 6.07 Å². The van der Waals surface area contributed by atoms with E-state index < -0.39 is 5.97 Å². The number of carboxylic acids is 1. The summed E-state index contributed by atoms with van der Waals surface area (Å²) >= 11 is 0. The van der Waals surface area contributed by atoms with Gasteiger partial charge in [0.15, 0.2) is 0 Å². The molecule has 3 N–H and O–H groups in total. The topological polar surface area (TPSA) is 78.4 Å². The van der Waals surface area contributed by atoms with Gasteiger partial charge in [-0.15, -0.1) is 0 Å². The van der Waals surface area contributed by atoms with Gasteiger partial charge in [0.2, 0.25) is 0 Å². The summed E-state index contributed by atoms with van der Waals surface area (Å²) in [6.45, 7) is 6.69. The average Bonchev–Trinajstić information content (AvgIpc) is 2.97. The summed E-state index contributed by atoms with van der Waals surface area (Å²) in [7, 11) is 0. The summed E-state index contributed by atoms with van der Waals surface area (Å²) < 4.78 is 0. The summed E-state index contributed by atoms with van der Waals surface area (Å²) in [5.74, 6) is -0.467. The predicted octanol–water partition coefficient (Wildman–Crippen LogP) is 2.86. The lowest BCUT2D eigenvalue weighted by Gasteiger charge is -2.12. The van der Waals surface area contributed by atoms with Gasteiger partial charge < -0.3 is 15.7 Å². The number of benzene rings is 1. The molecular formula is C15H20N2O3. The largest absolute Gasteiger partial charge is 0.478 e. The zero-order valence-electron chi connectivity index (χ0n) is 12.0. The van der Waals surface area contributed by atoms with E-state index >= 15 is 0 Å². The second kappa shape index (κ2) is 5.15. The van der Waals surface area contributed by atoms with Crippen LogP contribution in [0.2, 0.25) is 0 Å². The number of carbonyl (C=O) groups is 2. The van der Waals surface area contributed by atoms with Gasteiger partial charge in [0.25, 0.3) is 0 Å². The molecule has 2 amide bonds. The van der Waals surface area contributed by atoms with Crippen molar-refractivity contribution < 1.29 is 14.7 Å². The number of rotatable bonds is 4. The van der Waals surface area contributed by atoms with E-state index in [0.717, 1.165) is 6.42 Å². The number of aromatic carboxylic acids is 1. The molecule has 0 radical (unpaired) electrons. The first kappa shape index (κ1) is 14.4. The molecule has 1 aliphatic carbocycles. The van der Waals surface area contributed by atoms with Crippen LogP contribution < -0.4 is 10.6 Å². The minimum absolute atomic E-state index is 0.200. The van der Waals surface area contributed by atoms with Crippen LogP contribution >= 0.6 is 0 Å². The summed E-state index contributed by atoms with van der Waals surface area (Å²) in [6.07, 6.45) is 1.13. The molecule has 108 valence electrons. The molecule has 5 heteroatoms. The standard InChI is InChI=1S/C15H20N2O3/c1-9-11(13(18)19)5-4-6-12(9)17-14(20)16-8-10-7-15(10,2)3/h4-6,10H,7-8H2,1-3H3,(H,18,19)(H2,16,17,20). The predicted molar refractivity (Wildman–Crippen MR) is 77.0 cm³/mol. The summed E-state index contributed by atoms with van der Waals surface area (Å²) in [4.78, 5) is 22.8. The molecule has 0 bridgehead atoms. The highest BCUT2D eigenvalue weighted by atomic mass is 16.4. The Bertz CT molecular complexity index is 552. The average molecular weight is 276 g/mol. The monoisotopic (exact) mass is 276 g/mol. The number of hydrogen-bond donors (Lipinski definition) is 3. The quantitative estimate of drug-likeness (QED) is 0.791. The van der Waals surface area contributed by atoms with Crippen LogP contribution in [-0.2, 0) is 0 Å². The minimum Gasteiger partial charge on any atom is -0.478 e. The molecule has 1 aliphatic rings. The van der Waals surface area contributed by atoms with Crippen molar-refractivity contribution in [2.75, 3.05) is 11.9 Å². The number of amides is 2. The molecule has 0 aliphatic heterocycles. The fourth-order valence-electron chi connectivity index (χ4n) is 2.31. The number of urea groups is 1. The second-order valence-electron chi connectivity index (χ2n) is 6.01. The normalized spacial score (nSPS) is 19.2. The Labute approximate surface area is 118 Å². The Hall–Kier alpha value is -2.04. The van der Waals surface area contributed by atoms with E-state index in [9.17, 15) is 9.59 Å². The molecule has 1 saturated carbocycles. The molecule has 2 rings (SSSR count). The molecular weight excluding hydrogens is 256 g/mol. The zero-order valence-corrected chi connectivity index (χ0v) is 12.0. The van der Waals surface area contributed by atoms with Crippen LogP contribution in [0.3, 0.4) is 0 Å². The van der Waals surface area contributed by atoms with E-state index in [1.54, 1.807) is 19.1 Å². The Balaban J connectivity index is 1.94. The molecule has 1 unspecified atom stereocenters. The first-order valence-electron chi connectivity index (χ1n) is 6.69. The molecule has 0 aromatic heterocycles. The maximum Gasteiger partial charge on any atom is 0.336 e. The minimum atomic E-state index is -0.994. The van der Waals surface area contributed by atoms with Crippen LogP contribution in [0.1, 0.15) is 36.2 Å². The van der Waals surface area contributed by atoms with Crippen molar-refractivity contribution in [3.05, 3.63) is 29.3 Å². The van der Waals surface area contributed by atoms with Gasteiger partial charge in [-0.05, 0) is 42.4 Å². The smallest absolute Gasteiger partial charge is 0.336 e. The third kappa shape index (κ3) is 3.10. The van der Waals surface area contributed by atoms with Gasteiger partial charge in [0, 0.05) is 12.2 Å². The van der Waals surface area contributed by atoms with Crippen molar-refractivity contribution in [3.63, 3.8) is 0 Å². The number of carboxylic acid groups (broad SMARTS) is 1. The van der Waals surface area contributed by atoms with Gasteiger partial charge >= 0.3 is 12.0 Å². The molecule has 5 nitrogen and oxygen atoms in total. The lowest BCUT2D eigenvalue weighted by molar-refractivity contribution is 0.0696. The highest BCUT2D eigenvalue weighted by Crippen LogP contribution is 2.50. The van der Waals surface area contributed by atoms with Crippen LogP contribution in [0.15, 0.2) is 18.2 Å². The molecule has 20 heavy (non-hydrogen) atoms. The van der Waals surface area contributed by atoms with E-state index in [4.69, 9.17) is 5.11 Å². The Kier molecular flexibility index (Phi) is 3.70. The zero-order chi connectivity index (χ0) is 14.9. The SMILES string of the molecule is Cc1c(NC(=O)NCC2CC2(C)C)cccc1C(=O)O. The maximum absolute atomic E-state index is 11.8. The molecule has 0 heterocycles. The van der Waals surface area contributed by atoms with Gasteiger partial charge in [-0.1, -0.05) is 19.9 Å². The van der Waals surface area contributed by atoms with Gasteiger partial charge in [0.05, 0.1) is 5.56 Å². The molecule has 1 aromatic carbocycles. The van der Waals surface area contributed by atoms with E-state index in [-0.39, 0.29) is 11.6 Å². The third-order valence-electron chi connectivity index (χ3n) is 4.04. The van der Waals surface area contributed by atoms with Crippen molar-refractivity contribution >= 4 is 17.7 Å². The van der Waals surface area contributed by atoms with Crippen LogP contribution in [0.5, 0.6) is 0 Å². The first-order valence-corrected chi connectivity index (χ1v) is 6.69. The lowest BCUT2D eigenvalue weighted by Crippen LogP contribution is -2.31. The van der Waals surface area contributed by atoms with Crippen LogP contribution in [-0.4, -0.2) is 23.7 Å². The Morgan fingerprint density at radius 2 is 2.05 bits per heavy atom. The van der Waals surface area contributed by atoms with Gasteiger partial charge in [-0.3, -0.25) is 0 Å². The summed E-state index contributed by atoms with van der Waals surface area (Å²) in [5.41, 5.74) is 1.61. The van der Waals surface area contributed by atoms with E-state index in [1.807, 2.05) is 0 Å². The van der Waals surface area contributed by atoms with Crippen molar-refractivity contribution in [1.29, 1.82) is 0 Å². The third-order valence-corrected chi connectivity index (χ3v) is 4.04.